The first-order valence-electron chi connectivity index (χ1n) is 7.72. The number of hydrogen-bond donors (Lipinski definition) is 1. The van der Waals surface area contributed by atoms with E-state index >= 15 is 0 Å². The topological polar surface area (TPSA) is 37.6 Å². The molecule has 20 heavy (non-hydrogen) atoms. The summed E-state index contributed by atoms with van der Waals surface area (Å²) in [5.41, 5.74) is 1.37. The maximum atomic E-state index is 5.48. The molecule has 1 unspecified atom stereocenters. The van der Waals surface area contributed by atoms with Gasteiger partial charge in [0.15, 0.2) is 0 Å². The van der Waals surface area contributed by atoms with Crippen molar-refractivity contribution in [1.82, 2.24) is 10.2 Å². The quantitative estimate of drug-likeness (QED) is 0.831. The fourth-order valence-electron chi connectivity index (χ4n) is 2.89. The maximum absolute atomic E-state index is 5.48. The third-order valence-corrected chi connectivity index (χ3v) is 4.34. The van der Waals surface area contributed by atoms with Crippen LogP contribution in [0.15, 0.2) is 23.0 Å². The largest absolute Gasteiger partial charge is 0.472 e. The Morgan fingerprint density at radius 2 is 2.10 bits per heavy atom. The molecule has 1 atom stereocenters. The van der Waals surface area contributed by atoms with Gasteiger partial charge in [0.2, 0.25) is 0 Å². The van der Waals surface area contributed by atoms with Crippen LogP contribution < -0.4 is 5.32 Å². The Bertz CT molecular complexity index is 370. The summed E-state index contributed by atoms with van der Waals surface area (Å²) in [6.07, 6.45) is 5.77. The van der Waals surface area contributed by atoms with Crippen molar-refractivity contribution in [2.75, 3.05) is 32.8 Å². The van der Waals surface area contributed by atoms with E-state index in [4.69, 9.17) is 9.15 Å². The molecule has 2 heterocycles. The van der Waals surface area contributed by atoms with Crippen LogP contribution in [0.1, 0.15) is 32.8 Å². The minimum Gasteiger partial charge on any atom is -0.472 e. The normalized spacial score (nSPS) is 19.1. The van der Waals surface area contributed by atoms with E-state index in [1.165, 1.54) is 5.56 Å². The van der Waals surface area contributed by atoms with Gasteiger partial charge in [-0.3, -0.25) is 4.90 Å². The molecule has 0 radical (unpaired) electrons. The smallest absolute Gasteiger partial charge is 0.0935 e. The lowest BCUT2D eigenvalue weighted by atomic mass is 9.87. The highest BCUT2D eigenvalue weighted by Gasteiger charge is 2.35. The van der Waals surface area contributed by atoms with E-state index in [0.717, 1.165) is 45.7 Å². The molecular weight excluding hydrogens is 252 g/mol. The molecule has 2 rings (SSSR count). The van der Waals surface area contributed by atoms with Crippen LogP contribution in [-0.2, 0) is 11.2 Å². The highest BCUT2D eigenvalue weighted by Crippen LogP contribution is 2.23. The molecule has 0 aliphatic carbocycles. The zero-order chi connectivity index (χ0) is 14.4. The number of nitrogens with zero attached hydrogens (tertiary/aromatic N) is 1. The van der Waals surface area contributed by atoms with Gasteiger partial charge in [0.25, 0.3) is 0 Å². The SMILES string of the molecule is CCCNC(Cc1ccoc1)C(C)(C)N1CCOCC1. The summed E-state index contributed by atoms with van der Waals surface area (Å²) >= 11 is 0. The highest BCUT2D eigenvalue weighted by molar-refractivity contribution is 5.11. The molecule has 1 aliphatic rings. The van der Waals surface area contributed by atoms with Crippen LogP contribution in [-0.4, -0.2) is 49.3 Å². The monoisotopic (exact) mass is 280 g/mol. The van der Waals surface area contributed by atoms with E-state index in [0.29, 0.717) is 6.04 Å². The molecule has 1 aromatic rings. The van der Waals surface area contributed by atoms with Crippen LogP contribution >= 0.6 is 0 Å². The number of hydrogen-bond acceptors (Lipinski definition) is 4. The van der Waals surface area contributed by atoms with Crippen LogP contribution in [0.2, 0.25) is 0 Å². The minimum atomic E-state index is 0.107. The van der Waals surface area contributed by atoms with E-state index in [1.807, 2.05) is 6.26 Å². The number of furan rings is 1. The average Bonchev–Trinajstić information content (AvgIpc) is 2.97. The van der Waals surface area contributed by atoms with Crippen molar-refractivity contribution in [2.45, 2.75) is 45.2 Å². The summed E-state index contributed by atoms with van der Waals surface area (Å²) in [4.78, 5) is 2.55. The Morgan fingerprint density at radius 1 is 1.35 bits per heavy atom. The van der Waals surface area contributed by atoms with Crippen molar-refractivity contribution in [1.29, 1.82) is 0 Å². The summed E-state index contributed by atoms with van der Waals surface area (Å²) < 4.78 is 10.7. The molecule has 0 amide bonds. The highest BCUT2D eigenvalue weighted by atomic mass is 16.5. The first-order valence-corrected chi connectivity index (χ1v) is 7.72. The van der Waals surface area contributed by atoms with Gasteiger partial charge in [-0.2, -0.15) is 0 Å². The van der Waals surface area contributed by atoms with Crippen LogP contribution in [0, 0.1) is 0 Å². The van der Waals surface area contributed by atoms with Gasteiger partial charge in [0, 0.05) is 24.7 Å². The summed E-state index contributed by atoms with van der Waals surface area (Å²) in [5, 5.41) is 3.72. The molecule has 0 saturated carbocycles. The first-order chi connectivity index (χ1) is 9.64. The Balaban J connectivity index is 2.06. The van der Waals surface area contributed by atoms with Gasteiger partial charge in [0.05, 0.1) is 25.7 Å². The Morgan fingerprint density at radius 3 is 2.70 bits per heavy atom. The van der Waals surface area contributed by atoms with E-state index in [2.05, 4.69) is 37.1 Å². The standard InChI is InChI=1S/C16H28N2O2/c1-4-6-17-15(12-14-5-9-20-13-14)16(2,3)18-7-10-19-11-8-18/h5,9,13,15,17H,4,6-8,10-12H2,1-3H3. The molecule has 0 spiro atoms. The van der Waals surface area contributed by atoms with E-state index in [9.17, 15) is 0 Å². The van der Waals surface area contributed by atoms with Crippen LogP contribution in [0.5, 0.6) is 0 Å². The van der Waals surface area contributed by atoms with Crippen LogP contribution in [0.4, 0.5) is 0 Å². The molecule has 1 aliphatic heterocycles. The number of morpholine rings is 1. The summed E-state index contributed by atoms with van der Waals surface area (Å²) in [6.45, 7) is 11.7. The lowest BCUT2D eigenvalue weighted by molar-refractivity contribution is -0.0232. The van der Waals surface area contributed by atoms with Crippen LogP contribution in [0.25, 0.3) is 0 Å². The summed E-state index contributed by atoms with van der Waals surface area (Å²) in [7, 11) is 0. The van der Waals surface area contributed by atoms with Gasteiger partial charge < -0.3 is 14.5 Å². The average molecular weight is 280 g/mol. The third-order valence-electron chi connectivity index (χ3n) is 4.34. The second-order valence-corrected chi connectivity index (χ2v) is 6.10. The Kier molecular flexibility index (Phi) is 5.64. The fourth-order valence-corrected chi connectivity index (χ4v) is 2.89. The lowest BCUT2D eigenvalue weighted by Crippen LogP contribution is -2.61. The van der Waals surface area contributed by atoms with Gasteiger partial charge in [-0.25, -0.2) is 0 Å². The molecule has 1 fully saturated rings. The van der Waals surface area contributed by atoms with Crippen molar-refractivity contribution in [3.05, 3.63) is 24.2 Å². The molecular formula is C16H28N2O2. The summed E-state index contributed by atoms with van der Waals surface area (Å²) in [6, 6.07) is 2.48. The van der Waals surface area contributed by atoms with Gasteiger partial charge in [-0.05, 0) is 44.9 Å². The van der Waals surface area contributed by atoms with Crippen LogP contribution in [0.3, 0.4) is 0 Å². The Hall–Kier alpha value is -0.840. The number of ether oxygens (including phenoxy) is 1. The van der Waals surface area contributed by atoms with Gasteiger partial charge in [0.1, 0.15) is 0 Å². The second-order valence-electron chi connectivity index (χ2n) is 6.10. The molecule has 0 bridgehead atoms. The van der Waals surface area contributed by atoms with Gasteiger partial charge in [-0.1, -0.05) is 6.92 Å². The molecule has 4 nitrogen and oxygen atoms in total. The van der Waals surface area contributed by atoms with Crippen molar-refractivity contribution in [2.24, 2.45) is 0 Å². The molecule has 0 aromatic carbocycles. The third kappa shape index (κ3) is 3.84. The molecule has 1 N–H and O–H groups in total. The van der Waals surface area contributed by atoms with Crippen molar-refractivity contribution >= 4 is 0 Å². The zero-order valence-corrected chi connectivity index (χ0v) is 13.0. The van der Waals surface area contributed by atoms with E-state index < -0.39 is 0 Å². The number of rotatable bonds is 7. The second kappa shape index (κ2) is 7.25. The van der Waals surface area contributed by atoms with E-state index in [-0.39, 0.29) is 5.54 Å². The van der Waals surface area contributed by atoms with Crippen molar-refractivity contribution in [3.63, 3.8) is 0 Å². The van der Waals surface area contributed by atoms with Crippen molar-refractivity contribution in [3.8, 4) is 0 Å². The van der Waals surface area contributed by atoms with Crippen molar-refractivity contribution < 1.29 is 9.15 Å². The van der Waals surface area contributed by atoms with Gasteiger partial charge >= 0.3 is 0 Å². The summed E-state index contributed by atoms with van der Waals surface area (Å²) in [5.74, 6) is 0. The molecule has 1 saturated heterocycles. The zero-order valence-electron chi connectivity index (χ0n) is 13.0. The minimum absolute atomic E-state index is 0.107. The fraction of sp³-hybridized carbons (Fsp3) is 0.750. The molecule has 4 heteroatoms. The Labute approximate surface area is 122 Å². The van der Waals surface area contributed by atoms with E-state index in [1.54, 1.807) is 6.26 Å². The molecule has 114 valence electrons. The lowest BCUT2D eigenvalue weighted by Gasteiger charge is -2.46. The number of nitrogens with one attached hydrogen (secondary N) is 1. The first kappa shape index (κ1) is 15.5. The maximum Gasteiger partial charge on any atom is 0.0935 e. The predicted molar refractivity (Wildman–Crippen MR) is 81.0 cm³/mol. The molecule has 1 aromatic heterocycles. The predicted octanol–water partition coefficient (Wildman–Crippen LogP) is 2.30. The van der Waals surface area contributed by atoms with Gasteiger partial charge in [-0.15, -0.1) is 0 Å².